The molecule has 0 aliphatic heterocycles. The Morgan fingerprint density at radius 2 is 1.24 bits per heavy atom. The summed E-state index contributed by atoms with van der Waals surface area (Å²) >= 11 is 0. The molecule has 41 heavy (non-hydrogen) atoms. The molecule has 0 aliphatic carbocycles. The van der Waals surface area contributed by atoms with Crippen LogP contribution < -0.4 is 0 Å². The van der Waals surface area contributed by atoms with Gasteiger partial charge in [0.2, 0.25) is 5.89 Å². The highest BCUT2D eigenvalue weighted by molar-refractivity contribution is 5.65. The maximum absolute atomic E-state index is 10.2. The van der Waals surface area contributed by atoms with Crippen LogP contribution in [0.5, 0.6) is 0 Å². The van der Waals surface area contributed by atoms with Crippen LogP contribution in [0.25, 0.3) is 6.08 Å². The van der Waals surface area contributed by atoms with Crippen molar-refractivity contribution in [2.24, 2.45) is 0 Å². The molecule has 228 valence electrons. The predicted molar refractivity (Wildman–Crippen MR) is 175 cm³/mol. The van der Waals surface area contributed by atoms with Gasteiger partial charge in [0.1, 0.15) is 18.2 Å². The number of aldehydes is 1. The number of aliphatic hydroxyl groups is 1. The van der Waals surface area contributed by atoms with Crippen LogP contribution in [0.3, 0.4) is 0 Å². The van der Waals surface area contributed by atoms with Crippen LogP contribution in [0.1, 0.15) is 125 Å². The molecular weight excluding hydrogens is 508 g/mol. The zero-order valence-electron chi connectivity index (χ0n) is 27.5. The molecule has 1 aromatic rings. The van der Waals surface area contributed by atoms with Gasteiger partial charge in [-0.05, 0) is 133 Å². The molecule has 1 unspecified atom stereocenters. The first-order chi connectivity index (χ1) is 19.3. The first kappa shape index (κ1) is 39.9. The zero-order chi connectivity index (χ0) is 31.6. The molecule has 5 heteroatoms. The standard InChI is InChI=1S/C18H27NO.C15H24O.C3H5NO/c1-14(2)8-6-9-15(3)10-7-11-16(4)12-18-19-13-17(5)20-18;1-13(2)7-5-8-14(3)9-6-10-15(4)11-12-16;1-3(5)2-4/h8,10,12-13H,6-7,9,11H2,1-5H3;7,9,11-12H,5-6,8,10H2,1-4H3;3,5H,1H3/b15-10+,16-12+;14-9+,15-11+;. The molecule has 1 N–H and O–H groups in total. The van der Waals surface area contributed by atoms with Gasteiger partial charge in [-0.25, -0.2) is 4.98 Å². The Balaban J connectivity index is 0. The van der Waals surface area contributed by atoms with E-state index in [9.17, 15) is 4.79 Å². The van der Waals surface area contributed by atoms with Crippen LogP contribution in [0.2, 0.25) is 0 Å². The molecule has 5 nitrogen and oxygen atoms in total. The van der Waals surface area contributed by atoms with Crippen LogP contribution in [-0.4, -0.2) is 22.5 Å². The van der Waals surface area contributed by atoms with Gasteiger partial charge in [0.05, 0.1) is 12.3 Å². The van der Waals surface area contributed by atoms with Crippen molar-refractivity contribution >= 4 is 12.4 Å². The zero-order valence-corrected chi connectivity index (χ0v) is 27.5. The number of nitriles is 1. The Bertz CT molecular complexity index is 1080. The third-order valence-corrected chi connectivity index (χ3v) is 5.79. The van der Waals surface area contributed by atoms with Gasteiger partial charge in [-0.15, -0.1) is 0 Å². The summed E-state index contributed by atoms with van der Waals surface area (Å²) in [5.74, 6) is 1.57. The van der Waals surface area contributed by atoms with Crippen molar-refractivity contribution in [2.75, 3.05) is 0 Å². The Hall–Kier alpha value is -3.23. The van der Waals surface area contributed by atoms with Gasteiger partial charge in [0.15, 0.2) is 0 Å². The maximum Gasteiger partial charge on any atom is 0.218 e. The fourth-order valence-electron chi connectivity index (χ4n) is 3.39. The largest absolute Gasteiger partial charge is 0.442 e. The van der Waals surface area contributed by atoms with Gasteiger partial charge in [0, 0.05) is 0 Å². The average Bonchev–Trinajstić information content (AvgIpc) is 3.28. The van der Waals surface area contributed by atoms with Crippen LogP contribution in [0, 0.1) is 18.3 Å². The number of aromatic nitrogens is 1. The lowest BCUT2D eigenvalue weighted by Crippen LogP contribution is -1.90. The summed E-state index contributed by atoms with van der Waals surface area (Å²) in [5, 5.41) is 15.6. The number of hydrogen-bond donors (Lipinski definition) is 1. The van der Waals surface area contributed by atoms with Gasteiger partial charge >= 0.3 is 0 Å². The topological polar surface area (TPSA) is 87.1 Å². The van der Waals surface area contributed by atoms with Crippen molar-refractivity contribution < 1.29 is 14.3 Å². The van der Waals surface area contributed by atoms with E-state index < -0.39 is 6.10 Å². The molecule has 0 amide bonds. The predicted octanol–water partition coefficient (Wildman–Crippen LogP) is 10.4. The van der Waals surface area contributed by atoms with E-state index in [0.717, 1.165) is 69.0 Å². The quantitative estimate of drug-likeness (QED) is 0.105. The fraction of sp³-hybridized carbons (Fsp3) is 0.528. The summed E-state index contributed by atoms with van der Waals surface area (Å²) in [4.78, 5) is 14.4. The lowest BCUT2D eigenvalue weighted by molar-refractivity contribution is -0.104. The van der Waals surface area contributed by atoms with E-state index in [1.165, 1.54) is 34.8 Å². The number of nitrogens with zero attached hydrogens (tertiary/aromatic N) is 2. The van der Waals surface area contributed by atoms with Crippen molar-refractivity contribution in [3.05, 3.63) is 81.7 Å². The highest BCUT2D eigenvalue weighted by atomic mass is 16.3. The van der Waals surface area contributed by atoms with Crippen LogP contribution >= 0.6 is 0 Å². The number of carbonyl (C=O) groups is 1. The first-order valence-corrected chi connectivity index (χ1v) is 14.7. The number of carbonyl (C=O) groups excluding carboxylic acids is 1. The molecule has 1 rings (SSSR count). The molecule has 1 aromatic heterocycles. The number of allylic oxidation sites excluding steroid dienone is 11. The molecular formula is C36H56N2O3. The molecule has 0 aliphatic rings. The molecule has 0 aromatic carbocycles. The Kier molecular flexibility index (Phi) is 25.0. The second-order valence-corrected chi connectivity index (χ2v) is 11.1. The Morgan fingerprint density at radius 1 is 0.829 bits per heavy atom. The van der Waals surface area contributed by atoms with Crippen molar-refractivity contribution in [3.63, 3.8) is 0 Å². The fourth-order valence-corrected chi connectivity index (χ4v) is 3.39. The molecule has 0 saturated carbocycles. The van der Waals surface area contributed by atoms with E-state index in [2.05, 4.69) is 77.8 Å². The normalized spacial score (nSPS) is 12.6. The lowest BCUT2D eigenvalue weighted by atomic mass is 10.1. The van der Waals surface area contributed by atoms with E-state index in [1.54, 1.807) is 18.3 Å². The van der Waals surface area contributed by atoms with Gasteiger partial charge in [-0.1, -0.05) is 57.7 Å². The molecule has 0 saturated heterocycles. The molecule has 0 radical (unpaired) electrons. The van der Waals surface area contributed by atoms with Crippen LogP contribution in [0.4, 0.5) is 0 Å². The summed E-state index contributed by atoms with van der Waals surface area (Å²) in [5.41, 5.74) is 8.16. The molecule has 1 heterocycles. The second kappa shape index (κ2) is 25.7. The minimum absolute atomic E-state index is 0.712. The number of rotatable bonds is 14. The SMILES string of the molecule is CC(C)=CCC/C(C)=C/CC/C(C)=C/C=O.CC(C)=CCC/C(C)=C/CC/C(C)=C/c1ncc(C)o1.CC(O)C#N. The third-order valence-electron chi connectivity index (χ3n) is 5.79. The van der Waals surface area contributed by atoms with Crippen molar-refractivity contribution in [3.8, 4) is 6.07 Å². The van der Waals surface area contributed by atoms with E-state index in [1.807, 2.05) is 19.9 Å². The summed E-state index contributed by atoms with van der Waals surface area (Å²) < 4.78 is 5.45. The Morgan fingerprint density at radius 3 is 1.61 bits per heavy atom. The second-order valence-electron chi connectivity index (χ2n) is 11.1. The van der Waals surface area contributed by atoms with Crippen molar-refractivity contribution in [1.29, 1.82) is 5.26 Å². The number of aliphatic hydroxyl groups excluding tert-OH is 1. The number of aryl methyl sites for hydroxylation is 1. The van der Waals surface area contributed by atoms with Gasteiger partial charge in [-0.2, -0.15) is 5.26 Å². The molecule has 1 atom stereocenters. The van der Waals surface area contributed by atoms with Gasteiger partial charge in [-0.3, -0.25) is 4.79 Å². The molecule has 0 fully saturated rings. The number of hydrogen-bond acceptors (Lipinski definition) is 5. The third kappa shape index (κ3) is 29.6. The highest BCUT2D eigenvalue weighted by Crippen LogP contribution is 2.14. The summed E-state index contributed by atoms with van der Waals surface area (Å²) in [6.07, 6.45) is 23.4. The van der Waals surface area contributed by atoms with Crippen LogP contribution in [0.15, 0.2) is 74.4 Å². The van der Waals surface area contributed by atoms with Crippen LogP contribution in [-0.2, 0) is 4.79 Å². The van der Waals surface area contributed by atoms with E-state index in [-0.39, 0.29) is 0 Å². The van der Waals surface area contributed by atoms with Crippen molar-refractivity contribution in [1.82, 2.24) is 4.98 Å². The summed E-state index contributed by atoms with van der Waals surface area (Å²) in [6, 6.07) is 1.58. The molecule has 0 spiro atoms. The molecule has 0 bridgehead atoms. The van der Waals surface area contributed by atoms with Gasteiger partial charge < -0.3 is 9.52 Å². The van der Waals surface area contributed by atoms with E-state index in [4.69, 9.17) is 14.8 Å². The monoisotopic (exact) mass is 564 g/mol. The minimum Gasteiger partial charge on any atom is -0.442 e. The average molecular weight is 565 g/mol. The number of oxazole rings is 1. The smallest absolute Gasteiger partial charge is 0.218 e. The first-order valence-electron chi connectivity index (χ1n) is 14.7. The lowest BCUT2D eigenvalue weighted by Gasteiger charge is -2.00. The summed E-state index contributed by atoms with van der Waals surface area (Å²) in [6.45, 7) is 20.4. The maximum atomic E-state index is 10.2. The van der Waals surface area contributed by atoms with E-state index >= 15 is 0 Å². The highest BCUT2D eigenvalue weighted by Gasteiger charge is 1.98. The minimum atomic E-state index is -0.810. The van der Waals surface area contributed by atoms with E-state index in [0.29, 0.717) is 5.89 Å². The Labute approximate surface area is 251 Å². The summed E-state index contributed by atoms with van der Waals surface area (Å²) in [7, 11) is 0. The van der Waals surface area contributed by atoms with Gasteiger partial charge in [0.25, 0.3) is 0 Å². The van der Waals surface area contributed by atoms with Crippen molar-refractivity contribution in [2.45, 2.75) is 127 Å².